The summed E-state index contributed by atoms with van der Waals surface area (Å²) in [5.74, 6) is 0.890. The van der Waals surface area contributed by atoms with Gasteiger partial charge >= 0.3 is 0 Å². The van der Waals surface area contributed by atoms with Gasteiger partial charge in [0.1, 0.15) is 5.82 Å². The Hall–Kier alpha value is -2.48. The van der Waals surface area contributed by atoms with Gasteiger partial charge in [-0.3, -0.25) is 14.4 Å². The van der Waals surface area contributed by atoms with Gasteiger partial charge in [0.15, 0.2) is 0 Å². The van der Waals surface area contributed by atoms with Crippen LogP contribution in [0.25, 0.3) is 0 Å². The minimum Gasteiger partial charge on any atom is -0.342 e. The molecule has 0 spiro atoms. The molecule has 2 aromatic heterocycles. The highest BCUT2D eigenvalue weighted by atomic mass is 32.1. The number of piperidine rings is 1. The zero-order valence-corrected chi connectivity index (χ0v) is 17.5. The largest absolute Gasteiger partial charge is 0.342 e. The van der Waals surface area contributed by atoms with Gasteiger partial charge in [-0.1, -0.05) is 13.0 Å². The minimum absolute atomic E-state index is 0.0357. The number of fused-ring (bicyclic) bond motifs is 1. The first kappa shape index (κ1) is 19.8. The van der Waals surface area contributed by atoms with Crippen molar-refractivity contribution in [2.24, 2.45) is 0 Å². The van der Waals surface area contributed by atoms with E-state index in [1.54, 1.807) is 4.90 Å². The van der Waals surface area contributed by atoms with Crippen LogP contribution in [0.5, 0.6) is 0 Å². The molecule has 29 heavy (non-hydrogen) atoms. The zero-order valence-electron chi connectivity index (χ0n) is 16.6. The number of nitrogens with one attached hydrogen (secondary N) is 1. The van der Waals surface area contributed by atoms with Crippen molar-refractivity contribution in [3.8, 4) is 0 Å². The lowest BCUT2D eigenvalue weighted by atomic mass is 9.96. The second-order valence-electron chi connectivity index (χ2n) is 7.76. The monoisotopic (exact) mass is 414 g/mol. The quantitative estimate of drug-likeness (QED) is 0.833. The van der Waals surface area contributed by atoms with Gasteiger partial charge in [0.2, 0.25) is 5.91 Å². The Morgan fingerprint density at radius 3 is 2.93 bits per heavy atom. The summed E-state index contributed by atoms with van der Waals surface area (Å²) < 4.78 is 0. The fourth-order valence-electron chi connectivity index (χ4n) is 4.17. The highest BCUT2D eigenvalue weighted by molar-refractivity contribution is 7.12. The van der Waals surface area contributed by atoms with E-state index in [2.05, 4.69) is 4.98 Å². The Morgan fingerprint density at radius 1 is 1.31 bits per heavy atom. The van der Waals surface area contributed by atoms with Crippen LogP contribution in [0, 0.1) is 0 Å². The van der Waals surface area contributed by atoms with Gasteiger partial charge in [-0.05, 0) is 30.7 Å². The first-order valence-corrected chi connectivity index (χ1v) is 11.2. The van der Waals surface area contributed by atoms with Gasteiger partial charge in [-0.25, -0.2) is 4.98 Å². The van der Waals surface area contributed by atoms with Crippen LogP contribution in [-0.2, 0) is 17.8 Å². The van der Waals surface area contributed by atoms with Gasteiger partial charge in [0, 0.05) is 38.4 Å². The van der Waals surface area contributed by atoms with Gasteiger partial charge in [0.25, 0.3) is 11.5 Å². The molecular weight excluding hydrogens is 388 g/mol. The van der Waals surface area contributed by atoms with E-state index in [4.69, 9.17) is 4.98 Å². The molecule has 0 saturated carbocycles. The summed E-state index contributed by atoms with van der Waals surface area (Å²) in [7, 11) is 0. The molecule has 0 unspecified atom stereocenters. The Morgan fingerprint density at radius 2 is 2.17 bits per heavy atom. The second kappa shape index (κ2) is 8.49. The predicted molar refractivity (Wildman–Crippen MR) is 111 cm³/mol. The molecule has 7 nitrogen and oxygen atoms in total. The molecule has 1 N–H and O–H groups in total. The van der Waals surface area contributed by atoms with Crippen molar-refractivity contribution in [2.75, 3.05) is 19.6 Å². The molecule has 0 aromatic carbocycles. The number of carbonyl (C=O) groups is 2. The van der Waals surface area contributed by atoms with Gasteiger partial charge in [-0.2, -0.15) is 0 Å². The Bertz CT molecular complexity index is 953. The Balaban J connectivity index is 1.51. The molecule has 4 rings (SSSR count). The number of aromatic amines is 1. The van der Waals surface area contributed by atoms with Crippen LogP contribution in [0.4, 0.5) is 0 Å². The lowest BCUT2D eigenvalue weighted by Crippen LogP contribution is -2.42. The first-order valence-electron chi connectivity index (χ1n) is 10.3. The SMILES string of the molecule is CCCC(=O)N1CCC[C@H](c2nc3c(c(=O)[nH]2)CN(C(=O)c2cccs2)CC3)C1. The average Bonchev–Trinajstić information content (AvgIpc) is 3.28. The van der Waals surface area contributed by atoms with Crippen molar-refractivity contribution in [1.29, 1.82) is 0 Å². The molecule has 0 radical (unpaired) electrons. The molecule has 154 valence electrons. The van der Waals surface area contributed by atoms with E-state index >= 15 is 0 Å². The molecule has 1 fully saturated rings. The third-order valence-electron chi connectivity index (χ3n) is 5.73. The number of H-pyrrole nitrogens is 1. The highest BCUT2D eigenvalue weighted by Crippen LogP contribution is 2.26. The van der Waals surface area contributed by atoms with E-state index in [-0.39, 0.29) is 23.3 Å². The van der Waals surface area contributed by atoms with E-state index in [0.717, 1.165) is 31.5 Å². The summed E-state index contributed by atoms with van der Waals surface area (Å²) in [5.41, 5.74) is 1.21. The summed E-state index contributed by atoms with van der Waals surface area (Å²) in [4.78, 5) is 49.7. The molecule has 2 aliphatic rings. The van der Waals surface area contributed by atoms with Gasteiger partial charge in [-0.15, -0.1) is 11.3 Å². The van der Waals surface area contributed by atoms with E-state index in [1.165, 1.54) is 11.3 Å². The summed E-state index contributed by atoms with van der Waals surface area (Å²) >= 11 is 1.41. The first-order chi connectivity index (χ1) is 14.1. The number of rotatable bonds is 4. The lowest BCUT2D eigenvalue weighted by Gasteiger charge is -2.33. The van der Waals surface area contributed by atoms with E-state index < -0.39 is 0 Å². The van der Waals surface area contributed by atoms with Crippen LogP contribution in [0.3, 0.4) is 0 Å². The number of nitrogens with zero attached hydrogens (tertiary/aromatic N) is 3. The number of aromatic nitrogens is 2. The zero-order chi connectivity index (χ0) is 20.4. The van der Waals surface area contributed by atoms with Gasteiger partial charge in [0.05, 0.1) is 22.7 Å². The molecule has 2 amide bonds. The standard InChI is InChI=1S/C21H26N4O3S/c1-2-5-18(26)24-9-3-6-14(12-24)19-22-16-8-10-25(13-15(16)20(27)23-19)21(28)17-7-4-11-29-17/h4,7,11,14H,2-3,5-6,8-10,12-13H2,1H3,(H,22,23,27)/t14-/m0/s1. The minimum atomic E-state index is -0.161. The molecular formula is C21H26N4O3S. The lowest BCUT2D eigenvalue weighted by molar-refractivity contribution is -0.132. The Labute approximate surface area is 173 Å². The third-order valence-corrected chi connectivity index (χ3v) is 6.59. The van der Waals surface area contributed by atoms with E-state index in [0.29, 0.717) is 48.7 Å². The topological polar surface area (TPSA) is 86.4 Å². The van der Waals surface area contributed by atoms with Crippen molar-refractivity contribution in [1.82, 2.24) is 19.8 Å². The maximum absolute atomic E-state index is 12.8. The molecule has 0 aliphatic carbocycles. The van der Waals surface area contributed by atoms with Crippen molar-refractivity contribution >= 4 is 23.2 Å². The van der Waals surface area contributed by atoms with Crippen molar-refractivity contribution < 1.29 is 9.59 Å². The van der Waals surface area contributed by atoms with Crippen LogP contribution in [0.1, 0.15) is 65.3 Å². The molecule has 2 aliphatic heterocycles. The van der Waals surface area contributed by atoms with Crippen LogP contribution < -0.4 is 5.56 Å². The Kier molecular flexibility index (Phi) is 5.80. The number of amides is 2. The van der Waals surface area contributed by atoms with Crippen molar-refractivity contribution in [2.45, 2.75) is 51.5 Å². The number of thiophene rings is 1. The van der Waals surface area contributed by atoms with E-state index in [1.807, 2.05) is 29.3 Å². The van der Waals surface area contributed by atoms with E-state index in [9.17, 15) is 14.4 Å². The molecule has 0 bridgehead atoms. The molecule has 4 heterocycles. The summed E-state index contributed by atoms with van der Waals surface area (Å²) in [5, 5.41) is 1.88. The predicted octanol–water partition coefficient (Wildman–Crippen LogP) is 2.54. The average molecular weight is 415 g/mol. The molecule has 2 aromatic rings. The normalized spacial score (nSPS) is 19.1. The fraction of sp³-hybridized carbons (Fsp3) is 0.524. The maximum atomic E-state index is 12.8. The number of likely N-dealkylation sites (tertiary alicyclic amines) is 1. The number of carbonyl (C=O) groups excluding carboxylic acids is 2. The van der Waals surface area contributed by atoms with Crippen molar-refractivity contribution in [3.05, 3.63) is 49.8 Å². The molecule has 1 atom stereocenters. The third kappa shape index (κ3) is 4.12. The fourth-order valence-corrected chi connectivity index (χ4v) is 4.86. The van der Waals surface area contributed by atoms with Crippen LogP contribution in [0.2, 0.25) is 0 Å². The van der Waals surface area contributed by atoms with Crippen molar-refractivity contribution in [3.63, 3.8) is 0 Å². The summed E-state index contributed by atoms with van der Waals surface area (Å²) in [6, 6.07) is 3.66. The number of hydrogen-bond donors (Lipinski definition) is 1. The summed E-state index contributed by atoms with van der Waals surface area (Å²) in [6.07, 6.45) is 3.82. The smallest absolute Gasteiger partial charge is 0.264 e. The molecule has 8 heteroatoms. The van der Waals surface area contributed by atoms with Crippen LogP contribution in [0.15, 0.2) is 22.3 Å². The number of hydrogen-bond acceptors (Lipinski definition) is 5. The van der Waals surface area contributed by atoms with Crippen LogP contribution in [-0.4, -0.2) is 51.2 Å². The second-order valence-corrected chi connectivity index (χ2v) is 8.71. The molecule has 1 saturated heterocycles. The summed E-state index contributed by atoms with van der Waals surface area (Å²) in [6.45, 7) is 4.26. The van der Waals surface area contributed by atoms with Crippen LogP contribution >= 0.6 is 11.3 Å². The highest BCUT2D eigenvalue weighted by Gasteiger charge is 2.29. The van der Waals surface area contributed by atoms with Gasteiger partial charge < -0.3 is 14.8 Å². The maximum Gasteiger partial charge on any atom is 0.264 e.